The standard InChI is InChI=1S/C11H18N2O5.C3H8/c1-6(12-8(3)14)9(15)4-5-10(16)13-7(2)11(17)18;1-3-2/h6-7H,4-5H2,1-3H3,(H,12,14)(H,13,16)(H,17,18);3H2,1-2H3/t6-,7-;/m0./s1. The predicted molar refractivity (Wildman–Crippen MR) is 78.7 cm³/mol. The van der Waals surface area contributed by atoms with Gasteiger partial charge in [-0.05, 0) is 13.8 Å². The summed E-state index contributed by atoms with van der Waals surface area (Å²) in [5.74, 6) is -2.24. The maximum Gasteiger partial charge on any atom is 0.325 e. The summed E-state index contributed by atoms with van der Waals surface area (Å²) in [5.41, 5.74) is 0. The lowest BCUT2D eigenvalue weighted by molar-refractivity contribution is -0.141. The van der Waals surface area contributed by atoms with E-state index >= 15 is 0 Å². The van der Waals surface area contributed by atoms with E-state index in [4.69, 9.17) is 5.11 Å². The number of carboxylic acids is 1. The summed E-state index contributed by atoms with van der Waals surface area (Å²) in [6, 6.07) is -1.63. The summed E-state index contributed by atoms with van der Waals surface area (Å²) in [4.78, 5) is 44.0. The average Bonchev–Trinajstić information content (AvgIpc) is 2.35. The van der Waals surface area contributed by atoms with Crippen LogP contribution in [0.25, 0.3) is 0 Å². The molecule has 3 N–H and O–H groups in total. The second-order valence-electron chi connectivity index (χ2n) is 4.72. The van der Waals surface area contributed by atoms with E-state index in [1.54, 1.807) is 0 Å². The Bertz CT molecular complexity index is 368. The minimum Gasteiger partial charge on any atom is -0.480 e. The Morgan fingerprint density at radius 1 is 0.952 bits per heavy atom. The Balaban J connectivity index is 0. The van der Waals surface area contributed by atoms with Gasteiger partial charge < -0.3 is 15.7 Å². The van der Waals surface area contributed by atoms with Crippen molar-refractivity contribution in [2.45, 2.75) is 66.0 Å². The molecule has 0 aliphatic carbocycles. The average molecular weight is 302 g/mol. The minimum atomic E-state index is -1.14. The number of carboxylic acid groups (broad SMARTS) is 1. The van der Waals surface area contributed by atoms with Crippen LogP contribution in [0.15, 0.2) is 0 Å². The van der Waals surface area contributed by atoms with Gasteiger partial charge in [0.2, 0.25) is 11.8 Å². The topological polar surface area (TPSA) is 113 Å². The SMILES string of the molecule is CC(=O)N[C@@H](C)C(=O)CCC(=O)N[C@@H](C)C(=O)O.CCC. The quantitative estimate of drug-likeness (QED) is 0.646. The maximum atomic E-state index is 11.5. The number of nitrogens with one attached hydrogen (secondary N) is 2. The fraction of sp³-hybridized carbons (Fsp3) is 0.714. The van der Waals surface area contributed by atoms with Crippen LogP contribution in [-0.2, 0) is 19.2 Å². The van der Waals surface area contributed by atoms with E-state index in [9.17, 15) is 19.2 Å². The van der Waals surface area contributed by atoms with Crippen molar-refractivity contribution in [3.63, 3.8) is 0 Å². The molecule has 122 valence electrons. The van der Waals surface area contributed by atoms with Gasteiger partial charge in [0, 0.05) is 19.8 Å². The van der Waals surface area contributed by atoms with Crippen LogP contribution in [0.4, 0.5) is 0 Å². The molecule has 0 spiro atoms. The van der Waals surface area contributed by atoms with Crippen LogP contribution < -0.4 is 10.6 Å². The first-order valence-corrected chi connectivity index (χ1v) is 6.97. The molecule has 0 fully saturated rings. The smallest absolute Gasteiger partial charge is 0.325 e. The molecule has 0 saturated heterocycles. The van der Waals surface area contributed by atoms with E-state index < -0.39 is 24.0 Å². The Labute approximate surface area is 125 Å². The molecule has 0 rings (SSSR count). The molecule has 0 bridgehead atoms. The lowest BCUT2D eigenvalue weighted by Gasteiger charge is -2.12. The van der Waals surface area contributed by atoms with Crippen molar-refractivity contribution in [1.82, 2.24) is 10.6 Å². The maximum absolute atomic E-state index is 11.5. The van der Waals surface area contributed by atoms with E-state index in [1.807, 2.05) is 0 Å². The summed E-state index contributed by atoms with van der Waals surface area (Å²) in [7, 11) is 0. The third-order valence-corrected chi connectivity index (χ3v) is 2.25. The third-order valence-electron chi connectivity index (χ3n) is 2.25. The van der Waals surface area contributed by atoms with E-state index in [0.29, 0.717) is 0 Å². The summed E-state index contributed by atoms with van der Waals surface area (Å²) < 4.78 is 0. The molecule has 21 heavy (non-hydrogen) atoms. The monoisotopic (exact) mass is 302 g/mol. The van der Waals surface area contributed by atoms with Crippen molar-refractivity contribution in [2.24, 2.45) is 0 Å². The Hall–Kier alpha value is -1.92. The van der Waals surface area contributed by atoms with Gasteiger partial charge in [-0.1, -0.05) is 20.3 Å². The highest BCUT2D eigenvalue weighted by Gasteiger charge is 2.17. The van der Waals surface area contributed by atoms with Gasteiger partial charge in [-0.2, -0.15) is 0 Å². The molecule has 0 saturated carbocycles. The summed E-state index contributed by atoms with van der Waals surface area (Å²) in [6.07, 6.45) is 1.11. The van der Waals surface area contributed by atoms with Crippen LogP contribution >= 0.6 is 0 Å². The second kappa shape index (κ2) is 11.9. The minimum absolute atomic E-state index is 0.0420. The fourth-order valence-corrected chi connectivity index (χ4v) is 1.21. The van der Waals surface area contributed by atoms with Gasteiger partial charge in [0.1, 0.15) is 6.04 Å². The largest absolute Gasteiger partial charge is 0.480 e. The van der Waals surface area contributed by atoms with Crippen LogP contribution in [0.2, 0.25) is 0 Å². The lowest BCUT2D eigenvalue weighted by Crippen LogP contribution is -2.40. The van der Waals surface area contributed by atoms with Crippen molar-refractivity contribution in [3.05, 3.63) is 0 Å². The van der Waals surface area contributed by atoms with Crippen LogP contribution in [0.3, 0.4) is 0 Å². The van der Waals surface area contributed by atoms with Crippen LogP contribution in [0, 0.1) is 0 Å². The summed E-state index contributed by atoms with van der Waals surface area (Å²) in [6.45, 7) is 8.41. The zero-order chi connectivity index (χ0) is 17.0. The van der Waals surface area contributed by atoms with Gasteiger partial charge in [0.25, 0.3) is 0 Å². The van der Waals surface area contributed by atoms with E-state index in [-0.39, 0.29) is 24.5 Å². The third kappa shape index (κ3) is 12.8. The summed E-state index contributed by atoms with van der Waals surface area (Å²) >= 11 is 0. The number of Topliss-reactive ketones (excluding diaryl/α,β-unsaturated/α-hetero) is 1. The number of aliphatic carboxylic acids is 1. The first-order valence-electron chi connectivity index (χ1n) is 6.97. The number of hydrogen-bond acceptors (Lipinski definition) is 4. The number of rotatable bonds is 7. The van der Waals surface area contributed by atoms with Crippen molar-refractivity contribution in [2.75, 3.05) is 0 Å². The molecule has 0 heterocycles. The van der Waals surface area contributed by atoms with Crippen molar-refractivity contribution < 1.29 is 24.3 Å². The summed E-state index contributed by atoms with van der Waals surface area (Å²) in [5, 5.41) is 13.2. The molecule has 0 aliphatic heterocycles. The number of amides is 2. The van der Waals surface area contributed by atoms with Gasteiger partial charge in [0.15, 0.2) is 5.78 Å². The van der Waals surface area contributed by atoms with E-state index in [2.05, 4.69) is 24.5 Å². The van der Waals surface area contributed by atoms with Crippen LogP contribution in [0.5, 0.6) is 0 Å². The van der Waals surface area contributed by atoms with Gasteiger partial charge in [-0.3, -0.25) is 19.2 Å². The second-order valence-corrected chi connectivity index (χ2v) is 4.72. The number of carbonyl (C=O) groups is 4. The number of ketones is 1. The fourth-order valence-electron chi connectivity index (χ4n) is 1.21. The molecule has 0 radical (unpaired) electrons. The first-order chi connectivity index (χ1) is 9.65. The Kier molecular flexibility index (Phi) is 12.1. The zero-order valence-corrected chi connectivity index (χ0v) is 13.4. The molecule has 2 amide bonds. The van der Waals surface area contributed by atoms with Crippen LogP contribution in [-0.4, -0.2) is 40.8 Å². The highest BCUT2D eigenvalue weighted by atomic mass is 16.4. The molecule has 0 unspecified atom stereocenters. The van der Waals surface area contributed by atoms with Crippen LogP contribution in [0.1, 0.15) is 53.9 Å². The molecular weight excluding hydrogens is 276 g/mol. The normalized spacial score (nSPS) is 12.2. The van der Waals surface area contributed by atoms with Crippen molar-refractivity contribution in [1.29, 1.82) is 0 Å². The highest BCUT2D eigenvalue weighted by Crippen LogP contribution is 1.97. The molecule has 0 aliphatic rings. The highest BCUT2D eigenvalue weighted by molar-refractivity contribution is 5.91. The lowest BCUT2D eigenvalue weighted by atomic mass is 10.1. The Morgan fingerprint density at radius 3 is 1.81 bits per heavy atom. The Morgan fingerprint density at radius 2 is 1.43 bits per heavy atom. The molecule has 2 atom stereocenters. The molecule has 0 aromatic rings. The van der Waals surface area contributed by atoms with Gasteiger partial charge in [0.05, 0.1) is 6.04 Å². The molecule has 0 aromatic heterocycles. The van der Waals surface area contributed by atoms with Crippen molar-refractivity contribution >= 4 is 23.6 Å². The first kappa shape index (κ1) is 21.4. The molecule has 0 aromatic carbocycles. The van der Waals surface area contributed by atoms with Gasteiger partial charge in [-0.25, -0.2) is 0 Å². The predicted octanol–water partition coefficient (Wildman–Crippen LogP) is 0.866. The number of hydrogen-bond donors (Lipinski definition) is 3. The molecular formula is C14H26N2O5. The number of carbonyl (C=O) groups excluding carboxylic acids is 3. The molecule has 7 heteroatoms. The van der Waals surface area contributed by atoms with Gasteiger partial charge >= 0.3 is 5.97 Å². The van der Waals surface area contributed by atoms with Crippen molar-refractivity contribution in [3.8, 4) is 0 Å². The van der Waals surface area contributed by atoms with Gasteiger partial charge in [-0.15, -0.1) is 0 Å². The zero-order valence-electron chi connectivity index (χ0n) is 13.4. The molecule has 7 nitrogen and oxygen atoms in total. The van der Waals surface area contributed by atoms with E-state index in [0.717, 1.165) is 0 Å². The van der Waals surface area contributed by atoms with E-state index in [1.165, 1.54) is 27.2 Å².